The van der Waals surface area contributed by atoms with Gasteiger partial charge in [-0.15, -0.1) is 0 Å². The van der Waals surface area contributed by atoms with E-state index in [0.717, 1.165) is 25.1 Å². The van der Waals surface area contributed by atoms with Gasteiger partial charge in [-0.3, -0.25) is 4.72 Å². The van der Waals surface area contributed by atoms with Crippen molar-refractivity contribution in [2.45, 2.75) is 24.0 Å². The van der Waals surface area contributed by atoms with E-state index < -0.39 is 10.0 Å². The van der Waals surface area contributed by atoms with Gasteiger partial charge in [-0.2, -0.15) is 0 Å². The number of nitrogens with two attached hydrogens (primary N) is 1. The minimum atomic E-state index is -4.06. The van der Waals surface area contributed by atoms with E-state index in [1.165, 1.54) is 20.3 Å². The van der Waals surface area contributed by atoms with Gasteiger partial charge in [0.2, 0.25) is 0 Å². The van der Waals surface area contributed by atoms with Crippen molar-refractivity contribution in [2.24, 2.45) is 5.73 Å². The van der Waals surface area contributed by atoms with Crippen molar-refractivity contribution in [3.05, 3.63) is 65.2 Å². The molecule has 0 spiro atoms. The van der Waals surface area contributed by atoms with Crippen LogP contribution in [0.1, 0.15) is 12.0 Å². The highest BCUT2D eigenvalue weighted by Gasteiger charge is 2.25. The Morgan fingerprint density at radius 3 is 2.47 bits per heavy atom. The number of nitrogens with zero attached hydrogens (tertiary/aromatic N) is 1. The average Bonchev–Trinajstić information content (AvgIpc) is 3.29. The molecule has 0 aliphatic carbocycles. The molecule has 10 heteroatoms. The second-order valence-corrected chi connectivity index (χ2v) is 10.7. The van der Waals surface area contributed by atoms with E-state index in [1.807, 2.05) is 31.3 Å². The molecule has 3 aromatic rings. The Morgan fingerprint density at radius 2 is 1.81 bits per heavy atom. The number of methoxy groups -OCH3 is 2. The number of nitrogens with one attached hydrogen (secondary N) is 1. The van der Waals surface area contributed by atoms with Gasteiger partial charge in [-0.1, -0.05) is 29.8 Å². The summed E-state index contributed by atoms with van der Waals surface area (Å²) in [6.07, 6.45) is 0.867. The maximum atomic E-state index is 13.7. The summed E-state index contributed by atoms with van der Waals surface area (Å²) in [5.74, 6) is 1.13. The molecule has 1 saturated heterocycles. The number of hydrogen-bond donors (Lipinski definition) is 2. The van der Waals surface area contributed by atoms with E-state index in [4.69, 9.17) is 31.5 Å². The van der Waals surface area contributed by atoms with Crippen LogP contribution in [0.25, 0.3) is 11.1 Å². The van der Waals surface area contributed by atoms with Crippen molar-refractivity contribution in [1.82, 2.24) is 4.90 Å². The summed E-state index contributed by atoms with van der Waals surface area (Å²) in [5.41, 5.74) is 8.16. The minimum absolute atomic E-state index is 0.00775. The van der Waals surface area contributed by atoms with Crippen LogP contribution in [0.4, 0.5) is 5.69 Å². The van der Waals surface area contributed by atoms with Crippen LogP contribution < -0.4 is 24.7 Å². The Kier molecular flexibility index (Phi) is 7.94. The molecule has 4 rings (SSSR count). The van der Waals surface area contributed by atoms with Gasteiger partial charge in [0.15, 0.2) is 11.5 Å². The maximum Gasteiger partial charge on any atom is 0.262 e. The van der Waals surface area contributed by atoms with E-state index >= 15 is 0 Å². The van der Waals surface area contributed by atoms with Gasteiger partial charge >= 0.3 is 0 Å². The van der Waals surface area contributed by atoms with E-state index in [-0.39, 0.29) is 11.0 Å². The van der Waals surface area contributed by atoms with Crippen molar-refractivity contribution >= 4 is 27.3 Å². The first-order chi connectivity index (χ1) is 17.2. The van der Waals surface area contributed by atoms with Crippen molar-refractivity contribution in [1.29, 1.82) is 0 Å². The van der Waals surface area contributed by atoms with E-state index in [1.54, 1.807) is 24.3 Å². The maximum absolute atomic E-state index is 13.7. The van der Waals surface area contributed by atoms with Crippen LogP contribution >= 0.6 is 11.6 Å². The quantitative estimate of drug-likeness (QED) is 0.422. The fourth-order valence-electron chi connectivity index (χ4n) is 4.21. The van der Waals surface area contributed by atoms with E-state index in [0.29, 0.717) is 45.6 Å². The van der Waals surface area contributed by atoms with Crippen molar-refractivity contribution in [3.8, 4) is 28.4 Å². The number of anilines is 1. The van der Waals surface area contributed by atoms with Crippen LogP contribution in [-0.2, 0) is 16.6 Å². The molecular weight excluding hydrogens is 502 g/mol. The van der Waals surface area contributed by atoms with E-state index in [9.17, 15) is 8.42 Å². The minimum Gasteiger partial charge on any atom is -0.493 e. The summed E-state index contributed by atoms with van der Waals surface area (Å²) in [6.45, 7) is 2.04. The standard InChI is InChI=1S/C26H30ClN3O5S/c1-30-10-9-20(16-30)35-23-12-19(7-8-22(23)27)29-36(31,32)26-14-25(34-3)24(33-2)13-21(26)18-6-4-5-17(11-18)15-28/h4-8,11-14,20,29H,9-10,15-16,28H2,1-3H3/t20-/m1/s1. The zero-order chi connectivity index (χ0) is 25.9. The van der Waals surface area contributed by atoms with Crippen molar-refractivity contribution < 1.29 is 22.6 Å². The Hall–Kier alpha value is -2.98. The molecule has 1 fully saturated rings. The van der Waals surface area contributed by atoms with Gasteiger partial charge in [0, 0.05) is 37.3 Å². The molecule has 192 valence electrons. The first-order valence-corrected chi connectivity index (χ1v) is 13.3. The third-order valence-corrected chi connectivity index (χ3v) is 7.81. The summed E-state index contributed by atoms with van der Waals surface area (Å²) < 4.78 is 46.9. The number of rotatable bonds is 9. The smallest absolute Gasteiger partial charge is 0.262 e. The fraction of sp³-hybridized carbons (Fsp3) is 0.308. The SMILES string of the molecule is COc1cc(-c2cccc(CN)c2)c(S(=O)(=O)Nc2ccc(Cl)c(O[C@@H]3CCN(C)C3)c2)cc1OC. The Morgan fingerprint density at radius 1 is 1.06 bits per heavy atom. The molecule has 0 saturated carbocycles. The van der Waals surface area contributed by atoms with E-state index in [2.05, 4.69) is 9.62 Å². The number of likely N-dealkylation sites (N-methyl/N-ethyl adjacent to an activating group) is 1. The second kappa shape index (κ2) is 11.0. The monoisotopic (exact) mass is 531 g/mol. The molecule has 0 unspecified atom stereocenters. The lowest BCUT2D eigenvalue weighted by Gasteiger charge is -2.18. The molecule has 1 aliphatic rings. The highest BCUT2D eigenvalue weighted by atomic mass is 35.5. The van der Waals surface area contributed by atoms with Crippen LogP contribution in [0.2, 0.25) is 5.02 Å². The third kappa shape index (κ3) is 5.70. The summed E-state index contributed by atoms with van der Waals surface area (Å²) in [5, 5.41) is 0.415. The molecule has 3 aromatic carbocycles. The Bertz CT molecular complexity index is 1350. The number of sulfonamides is 1. The van der Waals surface area contributed by atoms with Gasteiger partial charge < -0.3 is 24.8 Å². The van der Waals surface area contributed by atoms with Crippen molar-refractivity contribution in [3.63, 3.8) is 0 Å². The Balaban J connectivity index is 1.73. The molecule has 0 bridgehead atoms. The molecule has 36 heavy (non-hydrogen) atoms. The van der Waals surface area contributed by atoms with Gasteiger partial charge in [-0.25, -0.2) is 8.42 Å². The zero-order valence-electron chi connectivity index (χ0n) is 20.5. The predicted octanol–water partition coefficient (Wildman–Crippen LogP) is 4.37. The molecule has 0 radical (unpaired) electrons. The topological polar surface area (TPSA) is 103 Å². The number of halogens is 1. The number of hydrogen-bond acceptors (Lipinski definition) is 7. The number of ether oxygens (including phenoxy) is 3. The average molecular weight is 532 g/mol. The predicted molar refractivity (Wildman–Crippen MR) is 142 cm³/mol. The summed E-state index contributed by atoms with van der Waals surface area (Å²) >= 11 is 6.35. The molecule has 3 N–H and O–H groups in total. The largest absolute Gasteiger partial charge is 0.493 e. The molecule has 0 aromatic heterocycles. The highest BCUT2D eigenvalue weighted by molar-refractivity contribution is 7.92. The normalized spacial score (nSPS) is 16.1. The fourth-order valence-corrected chi connectivity index (χ4v) is 5.65. The zero-order valence-corrected chi connectivity index (χ0v) is 22.0. The molecular formula is C26H30ClN3O5S. The lowest BCUT2D eigenvalue weighted by molar-refractivity contribution is 0.208. The molecule has 1 heterocycles. The summed E-state index contributed by atoms with van der Waals surface area (Å²) in [7, 11) is 0.928. The van der Waals surface area contributed by atoms with Crippen molar-refractivity contribution in [2.75, 3.05) is 39.1 Å². The molecule has 1 atom stereocenters. The third-order valence-electron chi connectivity index (χ3n) is 6.07. The van der Waals surface area contributed by atoms with Gasteiger partial charge in [-0.05, 0) is 48.9 Å². The lowest BCUT2D eigenvalue weighted by atomic mass is 10.0. The van der Waals surface area contributed by atoms with Gasteiger partial charge in [0.1, 0.15) is 11.9 Å². The number of benzene rings is 3. The van der Waals surface area contributed by atoms with Gasteiger partial charge in [0.25, 0.3) is 10.0 Å². The van der Waals surface area contributed by atoms with Gasteiger partial charge in [0.05, 0.1) is 29.8 Å². The van der Waals surface area contributed by atoms with Crippen LogP contribution in [0.5, 0.6) is 17.2 Å². The first kappa shape index (κ1) is 26.1. The van der Waals surface area contributed by atoms with Crippen LogP contribution in [-0.4, -0.2) is 53.8 Å². The highest BCUT2D eigenvalue weighted by Crippen LogP contribution is 2.39. The number of likely N-dealkylation sites (tertiary alicyclic amines) is 1. The Labute approximate surface area is 217 Å². The summed E-state index contributed by atoms with van der Waals surface area (Å²) in [6, 6.07) is 15.3. The second-order valence-electron chi connectivity index (χ2n) is 8.65. The lowest BCUT2D eigenvalue weighted by Crippen LogP contribution is -2.21. The van der Waals surface area contributed by atoms with Crippen LogP contribution in [0.15, 0.2) is 59.5 Å². The van der Waals surface area contributed by atoms with Crippen LogP contribution in [0, 0.1) is 0 Å². The first-order valence-electron chi connectivity index (χ1n) is 11.5. The summed E-state index contributed by atoms with van der Waals surface area (Å²) in [4.78, 5) is 2.20. The molecule has 0 amide bonds. The molecule has 1 aliphatic heterocycles. The van der Waals surface area contributed by atoms with Crippen LogP contribution in [0.3, 0.4) is 0 Å². The molecule has 8 nitrogen and oxygen atoms in total.